The van der Waals surface area contributed by atoms with Crippen LogP contribution in [0.15, 0.2) is 17.2 Å². The maximum Gasteiger partial charge on any atom is 0.242 e. The molecule has 0 aliphatic heterocycles. The third kappa shape index (κ3) is 4.59. The van der Waals surface area contributed by atoms with Crippen LogP contribution in [0.2, 0.25) is 5.02 Å². The van der Waals surface area contributed by atoms with Crippen LogP contribution >= 0.6 is 11.6 Å². The van der Waals surface area contributed by atoms with Crippen molar-refractivity contribution >= 4 is 27.4 Å². The number of hydrogen-bond acceptors (Lipinski definition) is 5. The fraction of sp³-hybridized carbons (Fsp3) is 0.583. The fourth-order valence-electron chi connectivity index (χ4n) is 1.55. The lowest BCUT2D eigenvalue weighted by molar-refractivity contribution is 0.256. The molecule has 20 heavy (non-hydrogen) atoms. The van der Waals surface area contributed by atoms with Crippen molar-refractivity contribution in [3.63, 3.8) is 0 Å². The molecule has 0 aliphatic rings. The van der Waals surface area contributed by atoms with Crippen LogP contribution in [0, 0.1) is 0 Å². The van der Waals surface area contributed by atoms with Crippen LogP contribution < -0.4 is 10.5 Å². The second kappa shape index (κ2) is 7.21. The van der Waals surface area contributed by atoms with Gasteiger partial charge < -0.3 is 10.6 Å². The molecule has 0 radical (unpaired) electrons. The Morgan fingerprint density at radius 1 is 1.55 bits per heavy atom. The van der Waals surface area contributed by atoms with Crippen LogP contribution in [-0.2, 0) is 10.0 Å². The number of nitrogens with one attached hydrogen (secondary N) is 1. The highest BCUT2D eigenvalue weighted by molar-refractivity contribution is 7.89. The van der Waals surface area contributed by atoms with Crippen molar-refractivity contribution in [3.8, 4) is 0 Å². The summed E-state index contributed by atoms with van der Waals surface area (Å²) in [6.45, 7) is 5.14. The molecular formula is C12H21ClN4O2S. The monoisotopic (exact) mass is 320 g/mol. The summed E-state index contributed by atoms with van der Waals surface area (Å²) in [6.07, 6.45) is 2.21. The van der Waals surface area contributed by atoms with E-state index >= 15 is 0 Å². The summed E-state index contributed by atoms with van der Waals surface area (Å²) in [5, 5.41) is 0.129. The van der Waals surface area contributed by atoms with E-state index in [9.17, 15) is 8.42 Å². The van der Waals surface area contributed by atoms with Crippen molar-refractivity contribution in [2.45, 2.75) is 31.2 Å². The number of likely N-dealkylation sites (N-methyl/N-ethyl adjacent to an activating group) is 1. The SMILES string of the molecule is CCC(C)N(C)CCNS(=O)(=O)c1cnc(N)c(Cl)c1. The van der Waals surface area contributed by atoms with Crippen LogP contribution in [0.3, 0.4) is 0 Å². The first-order valence-corrected chi connectivity index (χ1v) is 8.25. The molecule has 0 saturated heterocycles. The van der Waals surface area contributed by atoms with E-state index < -0.39 is 10.0 Å². The van der Waals surface area contributed by atoms with Gasteiger partial charge in [0.15, 0.2) is 0 Å². The zero-order valence-electron chi connectivity index (χ0n) is 11.9. The summed E-state index contributed by atoms with van der Waals surface area (Å²) < 4.78 is 26.6. The highest BCUT2D eigenvalue weighted by Gasteiger charge is 2.16. The van der Waals surface area contributed by atoms with Crippen molar-refractivity contribution in [1.29, 1.82) is 0 Å². The van der Waals surface area contributed by atoms with Gasteiger partial charge in [0.1, 0.15) is 10.7 Å². The first kappa shape index (κ1) is 17.2. The first-order valence-electron chi connectivity index (χ1n) is 6.38. The predicted molar refractivity (Wildman–Crippen MR) is 81.2 cm³/mol. The van der Waals surface area contributed by atoms with Crippen LogP contribution in [0.5, 0.6) is 0 Å². The molecule has 1 heterocycles. The van der Waals surface area contributed by atoms with E-state index in [2.05, 4.69) is 28.5 Å². The molecule has 0 amide bonds. The third-order valence-corrected chi connectivity index (χ3v) is 4.99. The van der Waals surface area contributed by atoms with Crippen molar-refractivity contribution in [3.05, 3.63) is 17.3 Å². The van der Waals surface area contributed by atoms with Gasteiger partial charge in [-0.1, -0.05) is 18.5 Å². The zero-order valence-corrected chi connectivity index (χ0v) is 13.5. The lowest BCUT2D eigenvalue weighted by Crippen LogP contribution is -2.37. The van der Waals surface area contributed by atoms with Crippen LogP contribution in [0.4, 0.5) is 5.82 Å². The molecule has 1 aromatic heterocycles. The average molecular weight is 321 g/mol. The van der Waals surface area contributed by atoms with E-state index in [1.54, 1.807) is 0 Å². The molecular weight excluding hydrogens is 300 g/mol. The number of sulfonamides is 1. The van der Waals surface area contributed by atoms with E-state index in [0.717, 1.165) is 6.42 Å². The summed E-state index contributed by atoms with van der Waals surface area (Å²) in [4.78, 5) is 5.86. The number of nitrogens with zero attached hydrogens (tertiary/aromatic N) is 2. The lowest BCUT2D eigenvalue weighted by atomic mass is 10.2. The van der Waals surface area contributed by atoms with Crippen molar-refractivity contribution in [2.24, 2.45) is 0 Å². The van der Waals surface area contributed by atoms with Crippen molar-refractivity contribution < 1.29 is 8.42 Å². The Labute approximate surface area is 125 Å². The van der Waals surface area contributed by atoms with E-state index in [-0.39, 0.29) is 15.7 Å². The van der Waals surface area contributed by atoms with E-state index in [0.29, 0.717) is 19.1 Å². The molecule has 0 spiro atoms. The highest BCUT2D eigenvalue weighted by Crippen LogP contribution is 2.19. The molecule has 6 nitrogen and oxygen atoms in total. The number of anilines is 1. The topological polar surface area (TPSA) is 88.3 Å². The Balaban J connectivity index is 2.64. The second-order valence-electron chi connectivity index (χ2n) is 4.67. The standard InChI is InChI=1S/C12H21ClN4O2S/c1-4-9(2)17(3)6-5-16-20(18,19)10-7-11(13)12(14)15-8-10/h7-9,16H,4-6H2,1-3H3,(H2,14,15). The number of pyridine rings is 1. The number of rotatable bonds is 7. The molecule has 0 aliphatic carbocycles. The van der Waals surface area contributed by atoms with Crippen molar-refractivity contribution in [2.75, 3.05) is 25.9 Å². The van der Waals surface area contributed by atoms with Gasteiger partial charge in [0, 0.05) is 25.3 Å². The smallest absolute Gasteiger partial charge is 0.242 e. The van der Waals surface area contributed by atoms with E-state index in [1.807, 2.05) is 7.05 Å². The summed E-state index contributed by atoms with van der Waals surface area (Å²) in [5.41, 5.74) is 5.46. The van der Waals surface area contributed by atoms with Gasteiger partial charge in [-0.15, -0.1) is 0 Å². The summed E-state index contributed by atoms with van der Waals surface area (Å²) >= 11 is 5.78. The van der Waals surface area contributed by atoms with Gasteiger partial charge in [0.25, 0.3) is 0 Å². The molecule has 1 aromatic rings. The normalized spacial score (nSPS) is 13.7. The first-order chi connectivity index (χ1) is 9.27. The molecule has 0 saturated carbocycles. The quantitative estimate of drug-likeness (QED) is 0.791. The largest absolute Gasteiger partial charge is 0.382 e. The predicted octanol–water partition coefficient (Wildman–Crippen LogP) is 1.33. The van der Waals surface area contributed by atoms with Gasteiger partial charge >= 0.3 is 0 Å². The number of halogens is 1. The van der Waals surface area contributed by atoms with Crippen LogP contribution in [-0.4, -0.2) is 44.5 Å². The molecule has 1 atom stereocenters. The van der Waals surface area contributed by atoms with Gasteiger partial charge in [-0.05, 0) is 26.5 Å². The van der Waals surface area contributed by atoms with Crippen LogP contribution in [0.25, 0.3) is 0 Å². The van der Waals surface area contributed by atoms with Gasteiger partial charge in [-0.25, -0.2) is 18.1 Å². The lowest BCUT2D eigenvalue weighted by Gasteiger charge is -2.23. The molecule has 0 aromatic carbocycles. The van der Waals surface area contributed by atoms with Gasteiger partial charge in [0.2, 0.25) is 10.0 Å². The second-order valence-corrected chi connectivity index (χ2v) is 6.85. The van der Waals surface area contributed by atoms with Gasteiger partial charge in [-0.3, -0.25) is 0 Å². The minimum absolute atomic E-state index is 0.0166. The molecule has 0 fully saturated rings. The Bertz CT molecular complexity index is 550. The molecule has 3 N–H and O–H groups in total. The highest BCUT2D eigenvalue weighted by atomic mass is 35.5. The number of nitrogen functional groups attached to an aromatic ring is 1. The molecule has 0 bridgehead atoms. The molecule has 1 rings (SSSR count). The van der Waals surface area contributed by atoms with E-state index in [1.165, 1.54) is 12.3 Å². The summed E-state index contributed by atoms with van der Waals surface area (Å²) in [6, 6.07) is 1.71. The average Bonchev–Trinajstić information content (AvgIpc) is 2.40. The zero-order chi connectivity index (χ0) is 15.3. The minimum atomic E-state index is -3.61. The van der Waals surface area contributed by atoms with Gasteiger partial charge in [0.05, 0.1) is 5.02 Å². The third-order valence-electron chi connectivity index (χ3n) is 3.25. The van der Waals surface area contributed by atoms with Crippen molar-refractivity contribution in [1.82, 2.24) is 14.6 Å². The Hall–Kier alpha value is -0.890. The summed E-state index contributed by atoms with van der Waals surface area (Å²) in [5.74, 6) is 0.113. The van der Waals surface area contributed by atoms with Gasteiger partial charge in [-0.2, -0.15) is 0 Å². The molecule has 8 heteroatoms. The minimum Gasteiger partial charge on any atom is -0.382 e. The number of nitrogens with two attached hydrogens (primary N) is 1. The molecule has 114 valence electrons. The maximum absolute atomic E-state index is 12.0. The summed E-state index contributed by atoms with van der Waals surface area (Å²) in [7, 11) is -1.64. The maximum atomic E-state index is 12.0. The Morgan fingerprint density at radius 3 is 2.75 bits per heavy atom. The fourth-order valence-corrected chi connectivity index (χ4v) is 2.77. The number of hydrogen-bond donors (Lipinski definition) is 2. The number of aromatic nitrogens is 1. The van der Waals surface area contributed by atoms with Crippen LogP contribution in [0.1, 0.15) is 20.3 Å². The Kier molecular flexibility index (Phi) is 6.19. The Morgan fingerprint density at radius 2 is 2.20 bits per heavy atom. The van der Waals surface area contributed by atoms with E-state index in [4.69, 9.17) is 17.3 Å². The molecule has 1 unspecified atom stereocenters.